The van der Waals surface area contributed by atoms with Crippen LogP contribution < -0.4 is 5.32 Å². The van der Waals surface area contributed by atoms with Gasteiger partial charge in [0.25, 0.3) is 5.91 Å². The molecule has 11 heteroatoms. The van der Waals surface area contributed by atoms with E-state index in [1.54, 1.807) is 29.2 Å². The van der Waals surface area contributed by atoms with E-state index in [9.17, 15) is 18.0 Å². The number of piperazine rings is 1. The fraction of sp³-hybridized carbons (Fsp3) is 0.455. The molecule has 1 aromatic carbocycles. The first kappa shape index (κ1) is 23.4. The van der Waals surface area contributed by atoms with E-state index < -0.39 is 10.0 Å². The van der Waals surface area contributed by atoms with Crippen LogP contribution in [0.5, 0.6) is 0 Å². The van der Waals surface area contributed by atoms with E-state index in [2.05, 4.69) is 5.32 Å². The molecule has 0 saturated carbocycles. The number of hydrogen-bond donors (Lipinski definition) is 1. The Morgan fingerprint density at radius 3 is 2.42 bits per heavy atom. The largest absolute Gasteiger partial charge is 0.459 e. The average molecular weight is 477 g/mol. The van der Waals surface area contributed by atoms with Crippen molar-refractivity contribution in [2.24, 2.45) is 0 Å². The third-order valence-electron chi connectivity index (χ3n) is 5.85. The molecule has 0 aliphatic carbocycles. The molecule has 0 atom stereocenters. The molecule has 2 aromatic rings. The number of sulfonamides is 1. The van der Waals surface area contributed by atoms with E-state index in [4.69, 9.17) is 9.15 Å². The molecule has 0 spiro atoms. The summed E-state index contributed by atoms with van der Waals surface area (Å²) in [6.07, 6.45) is 1.47. The Balaban J connectivity index is 1.34. The molecule has 178 valence electrons. The number of anilines is 1. The van der Waals surface area contributed by atoms with Gasteiger partial charge in [-0.3, -0.25) is 14.5 Å². The number of nitrogens with zero attached hydrogens (tertiary/aromatic N) is 3. The van der Waals surface area contributed by atoms with E-state index in [-0.39, 0.29) is 23.3 Å². The number of ether oxygens (including phenoxy) is 1. The maximum Gasteiger partial charge on any atom is 0.289 e. The minimum Gasteiger partial charge on any atom is -0.459 e. The molecule has 0 bridgehead atoms. The molecule has 1 aromatic heterocycles. The highest BCUT2D eigenvalue weighted by atomic mass is 32.2. The minimum atomic E-state index is -3.65. The fourth-order valence-electron chi connectivity index (χ4n) is 3.89. The monoisotopic (exact) mass is 476 g/mol. The molecule has 10 nitrogen and oxygen atoms in total. The lowest BCUT2D eigenvalue weighted by Crippen LogP contribution is -2.50. The number of amides is 2. The van der Waals surface area contributed by atoms with E-state index in [1.807, 2.05) is 11.8 Å². The van der Waals surface area contributed by atoms with Crippen LogP contribution in [0.3, 0.4) is 0 Å². The lowest BCUT2D eigenvalue weighted by Gasteiger charge is -2.33. The Labute approximate surface area is 193 Å². The van der Waals surface area contributed by atoms with Crippen LogP contribution in [-0.4, -0.2) is 93.4 Å². The van der Waals surface area contributed by atoms with Crippen molar-refractivity contribution in [3.63, 3.8) is 0 Å². The van der Waals surface area contributed by atoms with E-state index >= 15 is 0 Å². The summed E-state index contributed by atoms with van der Waals surface area (Å²) < 4.78 is 37.7. The summed E-state index contributed by atoms with van der Waals surface area (Å²) in [6, 6.07) is 8.08. The van der Waals surface area contributed by atoms with E-state index in [0.29, 0.717) is 63.9 Å². The van der Waals surface area contributed by atoms with Crippen molar-refractivity contribution < 1.29 is 27.2 Å². The van der Waals surface area contributed by atoms with Crippen LogP contribution >= 0.6 is 0 Å². The SMILES string of the molecule is Cc1ccc(S(=O)(=O)N2CCOCC2)cc1NC(=O)CN1CCN(C(=O)c2ccco2)CC1. The number of hydrogen-bond acceptors (Lipinski definition) is 7. The summed E-state index contributed by atoms with van der Waals surface area (Å²) in [5.41, 5.74) is 1.25. The predicted octanol–water partition coefficient (Wildman–Crippen LogP) is 1.01. The number of rotatable bonds is 6. The average Bonchev–Trinajstić information content (AvgIpc) is 3.36. The zero-order chi connectivity index (χ0) is 23.4. The van der Waals surface area contributed by atoms with Gasteiger partial charge in [-0.1, -0.05) is 6.07 Å². The van der Waals surface area contributed by atoms with Gasteiger partial charge in [0.2, 0.25) is 15.9 Å². The molecule has 0 radical (unpaired) electrons. The van der Waals surface area contributed by atoms with Crippen molar-refractivity contribution >= 4 is 27.5 Å². The standard InChI is InChI=1S/C22H28N4O6S/c1-17-4-5-18(33(29,30)26-10-13-31-14-11-26)15-19(17)23-21(27)16-24-6-8-25(9-7-24)22(28)20-3-2-12-32-20/h2-5,12,15H,6-11,13-14,16H2,1H3,(H,23,27). The third-order valence-corrected chi connectivity index (χ3v) is 7.74. The molecular formula is C22H28N4O6S. The topological polar surface area (TPSA) is 112 Å². The van der Waals surface area contributed by atoms with Crippen LogP contribution in [0.4, 0.5) is 5.69 Å². The maximum absolute atomic E-state index is 12.9. The first-order valence-electron chi connectivity index (χ1n) is 10.9. The second-order valence-corrected chi connectivity index (χ2v) is 10.0. The smallest absolute Gasteiger partial charge is 0.289 e. The molecule has 4 rings (SSSR count). The molecular weight excluding hydrogens is 448 g/mol. The van der Waals surface area contributed by atoms with E-state index in [1.165, 1.54) is 16.6 Å². The predicted molar refractivity (Wildman–Crippen MR) is 120 cm³/mol. The Kier molecular flexibility index (Phi) is 7.13. The summed E-state index contributed by atoms with van der Waals surface area (Å²) in [4.78, 5) is 28.9. The number of furan rings is 1. The van der Waals surface area contributed by atoms with Gasteiger partial charge in [-0.2, -0.15) is 4.31 Å². The zero-order valence-electron chi connectivity index (χ0n) is 18.5. The van der Waals surface area contributed by atoms with Crippen LogP contribution in [0.15, 0.2) is 45.9 Å². The molecule has 33 heavy (non-hydrogen) atoms. The summed E-state index contributed by atoms with van der Waals surface area (Å²) in [7, 11) is -3.65. The van der Waals surface area contributed by atoms with Gasteiger partial charge < -0.3 is 19.4 Å². The van der Waals surface area contributed by atoms with Crippen molar-refractivity contribution in [2.45, 2.75) is 11.8 Å². The third kappa shape index (κ3) is 5.44. The number of nitrogens with one attached hydrogen (secondary N) is 1. The second-order valence-electron chi connectivity index (χ2n) is 8.09. The van der Waals surface area contributed by atoms with Crippen molar-refractivity contribution in [3.05, 3.63) is 47.9 Å². The number of aryl methyl sites for hydroxylation is 1. The van der Waals surface area contributed by atoms with Gasteiger partial charge in [-0.05, 0) is 36.8 Å². The first-order valence-corrected chi connectivity index (χ1v) is 12.3. The normalized spacial score (nSPS) is 18.3. The highest BCUT2D eigenvalue weighted by Crippen LogP contribution is 2.24. The van der Waals surface area contributed by atoms with Gasteiger partial charge in [-0.15, -0.1) is 0 Å². The van der Waals surface area contributed by atoms with Crippen LogP contribution in [0.2, 0.25) is 0 Å². The Hall–Kier alpha value is -2.73. The highest BCUT2D eigenvalue weighted by Gasteiger charge is 2.28. The van der Waals surface area contributed by atoms with Gasteiger partial charge in [0.15, 0.2) is 5.76 Å². The van der Waals surface area contributed by atoms with Gasteiger partial charge in [0.05, 0.1) is 30.9 Å². The number of benzene rings is 1. The van der Waals surface area contributed by atoms with Crippen molar-refractivity contribution in [2.75, 3.05) is 64.3 Å². The molecule has 2 aliphatic heterocycles. The van der Waals surface area contributed by atoms with Crippen LogP contribution in [-0.2, 0) is 19.6 Å². The number of carbonyl (C=O) groups excluding carboxylic acids is 2. The van der Waals surface area contributed by atoms with Crippen molar-refractivity contribution in [3.8, 4) is 0 Å². The Bertz CT molecular complexity index is 1090. The maximum atomic E-state index is 12.9. The van der Waals surface area contributed by atoms with Crippen LogP contribution in [0, 0.1) is 6.92 Å². The van der Waals surface area contributed by atoms with Gasteiger partial charge >= 0.3 is 0 Å². The van der Waals surface area contributed by atoms with Gasteiger partial charge in [0.1, 0.15) is 0 Å². The van der Waals surface area contributed by atoms with Gasteiger partial charge in [-0.25, -0.2) is 8.42 Å². The molecule has 2 saturated heterocycles. The van der Waals surface area contributed by atoms with Crippen molar-refractivity contribution in [1.29, 1.82) is 0 Å². The van der Waals surface area contributed by atoms with Crippen LogP contribution in [0.1, 0.15) is 16.1 Å². The molecule has 1 N–H and O–H groups in total. The summed E-state index contributed by atoms with van der Waals surface area (Å²) >= 11 is 0. The Morgan fingerprint density at radius 1 is 1.03 bits per heavy atom. The molecule has 3 heterocycles. The second kappa shape index (κ2) is 10.0. The highest BCUT2D eigenvalue weighted by molar-refractivity contribution is 7.89. The minimum absolute atomic E-state index is 0.148. The quantitative estimate of drug-likeness (QED) is 0.662. The summed E-state index contributed by atoms with van der Waals surface area (Å²) in [5, 5.41) is 2.85. The number of carbonyl (C=O) groups is 2. The van der Waals surface area contributed by atoms with E-state index in [0.717, 1.165) is 5.56 Å². The number of morpholine rings is 1. The molecule has 2 fully saturated rings. The Morgan fingerprint density at radius 2 is 1.76 bits per heavy atom. The lowest BCUT2D eigenvalue weighted by molar-refractivity contribution is -0.117. The van der Waals surface area contributed by atoms with Gasteiger partial charge in [0, 0.05) is 45.0 Å². The molecule has 0 unspecified atom stereocenters. The first-order chi connectivity index (χ1) is 15.8. The van der Waals surface area contributed by atoms with Crippen molar-refractivity contribution in [1.82, 2.24) is 14.1 Å². The lowest BCUT2D eigenvalue weighted by atomic mass is 10.2. The molecule has 2 aliphatic rings. The fourth-order valence-corrected chi connectivity index (χ4v) is 5.32. The molecule has 2 amide bonds. The summed E-state index contributed by atoms with van der Waals surface area (Å²) in [6.45, 7) is 5.46. The summed E-state index contributed by atoms with van der Waals surface area (Å²) in [5.74, 6) is -0.0774. The zero-order valence-corrected chi connectivity index (χ0v) is 19.3. The van der Waals surface area contributed by atoms with Crippen LogP contribution in [0.25, 0.3) is 0 Å².